The fraction of sp³-hybridized carbons (Fsp3) is 0.423. The second-order valence-corrected chi connectivity index (χ2v) is 9.54. The number of alkyl carbamates (subject to hydrolysis) is 1. The highest BCUT2D eigenvalue weighted by Gasteiger charge is 2.44. The topological polar surface area (TPSA) is 134 Å². The maximum absolute atomic E-state index is 12.9. The number of rotatable bonds is 14. The van der Waals surface area contributed by atoms with Gasteiger partial charge in [0.15, 0.2) is 5.92 Å². The average molecular weight is 536 g/mol. The second kappa shape index (κ2) is 15.0. The van der Waals surface area contributed by atoms with Gasteiger partial charge >= 0.3 is 18.0 Å². The van der Waals surface area contributed by atoms with Crippen LogP contribution in [0.3, 0.4) is 0 Å². The lowest BCUT2D eigenvalue weighted by Crippen LogP contribution is -2.55. The second-order valence-electron chi connectivity index (χ2n) is 7.94. The van der Waals surface area contributed by atoms with Crippen LogP contribution < -0.4 is 5.32 Å². The predicted molar refractivity (Wildman–Crippen MR) is 135 cm³/mol. The Balaban J connectivity index is 2.34. The van der Waals surface area contributed by atoms with Gasteiger partial charge in [-0.3, -0.25) is 13.8 Å². The number of esters is 2. The third kappa shape index (κ3) is 9.85. The lowest BCUT2D eigenvalue weighted by atomic mass is 9.93. The molecule has 2 atom stereocenters. The van der Waals surface area contributed by atoms with E-state index in [-0.39, 0.29) is 26.2 Å². The first kappa shape index (κ1) is 29.8. The zero-order valence-electron chi connectivity index (χ0n) is 21.1. The van der Waals surface area contributed by atoms with Crippen LogP contribution in [0.5, 0.6) is 0 Å². The monoisotopic (exact) mass is 535 g/mol. The SMILES string of the molecule is CCOC(=O)C(C(=O)OCC)[C@H](NC(=O)OCc1ccccc1)C(CC)OS(=O)(=O)Cc1ccccc1. The summed E-state index contributed by atoms with van der Waals surface area (Å²) in [4.78, 5) is 38.4. The van der Waals surface area contributed by atoms with Crippen molar-refractivity contribution in [2.45, 2.75) is 51.7 Å². The summed E-state index contributed by atoms with van der Waals surface area (Å²) in [6, 6.07) is 15.8. The molecule has 1 N–H and O–H groups in total. The minimum Gasteiger partial charge on any atom is -0.465 e. The third-order valence-corrected chi connectivity index (χ3v) is 6.42. The molecule has 0 saturated heterocycles. The van der Waals surface area contributed by atoms with Gasteiger partial charge in [-0.2, -0.15) is 8.42 Å². The quantitative estimate of drug-likeness (QED) is 0.167. The molecule has 1 unspecified atom stereocenters. The molecular formula is C26H33NO9S. The molecular weight excluding hydrogens is 502 g/mol. The summed E-state index contributed by atoms with van der Waals surface area (Å²) in [7, 11) is -4.19. The first-order chi connectivity index (χ1) is 17.7. The lowest BCUT2D eigenvalue weighted by molar-refractivity contribution is -0.164. The van der Waals surface area contributed by atoms with E-state index < -0.39 is 52.0 Å². The van der Waals surface area contributed by atoms with Crippen LogP contribution in [-0.2, 0) is 50.5 Å². The molecule has 37 heavy (non-hydrogen) atoms. The van der Waals surface area contributed by atoms with E-state index in [9.17, 15) is 22.8 Å². The van der Waals surface area contributed by atoms with Gasteiger partial charge in [0, 0.05) is 0 Å². The number of carbonyl (C=O) groups is 3. The van der Waals surface area contributed by atoms with E-state index in [1.807, 2.05) is 6.07 Å². The molecule has 202 valence electrons. The number of benzene rings is 2. The summed E-state index contributed by atoms with van der Waals surface area (Å²) in [6.07, 6.45) is -2.26. The molecule has 10 nitrogen and oxygen atoms in total. The molecule has 2 rings (SSSR count). The van der Waals surface area contributed by atoms with Gasteiger partial charge < -0.3 is 19.5 Å². The van der Waals surface area contributed by atoms with E-state index in [1.165, 1.54) is 0 Å². The largest absolute Gasteiger partial charge is 0.465 e. The van der Waals surface area contributed by atoms with E-state index in [0.717, 1.165) is 0 Å². The fourth-order valence-electron chi connectivity index (χ4n) is 3.53. The molecule has 0 aromatic heterocycles. The number of amides is 1. The van der Waals surface area contributed by atoms with Crippen LogP contribution >= 0.6 is 0 Å². The van der Waals surface area contributed by atoms with Gasteiger partial charge in [0.25, 0.3) is 10.1 Å². The van der Waals surface area contributed by atoms with E-state index in [2.05, 4.69) is 5.32 Å². The van der Waals surface area contributed by atoms with Crippen LogP contribution in [0.1, 0.15) is 38.3 Å². The smallest absolute Gasteiger partial charge is 0.407 e. The average Bonchev–Trinajstić information content (AvgIpc) is 2.87. The Labute approximate surface area is 217 Å². The van der Waals surface area contributed by atoms with Crippen LogP contribution in [0.25, 0.3) is 0 Å². The number of nitrogens with one attached hydrogen (secondary N) is 1. The van der Waals surface area contributed by atoms with Crippen molar-refractivity contribution in [2.24, 2.45) is 5.92 Å². The minimum absolute atomic E-state index is 0.0208. The van der Waals surface area contributed by atoms with Crippen LogP contribution in [0.2, 0.25) is 0 Å². The summed E-state index contributed by atoms with van der Waals surface area (Å²) < 4.78 is 46.6. The van der Waals surface area contributed by atoms with Gasteiger partial charge in [-0.1, -0.05) is 67.6 Å². The molecule has 2 aromatic rings. The van der Waals surface area contributed by atoms with Gasteiger partial charge in [-0.05, 0) is 31.4 Å². The van der Waals surface area contributed by atoms with E-state index in [1.54, 1.807) is 75.4 Å². The van der Waals surface area contributed by atoms with Crippen molar-refractivity contribution in [3.8, 4) is 0 Å². The van der Waals surface area contributed by atoms with Gasteiger partial charge in [0.1, 0.15) is 12.4 Å². The van der Waals surface area contributed by atoms with Crippen LogP contribution in [0.4, 0.5) is 4.79 Å². The maximum atomic E-state index is 12.9. The Bertz CT molecular complexity index is 1090. The highest BCUT2D eigenvalue weighted by atomic mass is 32.2. The van der Waals surface area contributed by atoms with E-state index >= 15 is 0 Å². The molecule has 0 saturated carbocycles. The fourth-order valence-corrected chi connectivity index (χ4v) is 4.83. The maximum Gasteiger partial charge on any atom is 0.407 e. The number of ether oxygens (including phenoxy) is 3. The summed E-state index contributed by atoms with van der Waals surface area (Å²) in [6.45, 7) is 4.50. The Kier molecular flexibility index (Phi) is 12.0. The van der Waals surface area contributed by atoms with E-state index in [4.69, 9.17) is 18.4 Å². The summed E-state index contributed by atoms with van der Waals surface area (Å²) in [5.74, 6) is -4.12. The van der Waals surface area contributed by atoms with Crippen molar-refractivity contribution >= 4 is 28.1 Å². The van der Waals surface area contributed by atoms with Crippen LogP contribution in [-0.4, -0.2) is 51.8 Å². The Morgan fingerprint density at radius 3 is 1.78 bits per heavy atom. The van der Waals surface area contributed by atoms with Crippen molar-refractivity contribution < 1.29 is 41.2 Å². The summed E-state index contributed by atoms with van der Waals surface area (Å²) >= 11 is 0. The molecule has 0 fully saturated rings. The molecule has 11 heteroatoms. The van der Waals surface area contributed by atoms with Crippen molar-refractivity contribution in [1.29, 1.82) is 0 Å². The van der Waals surface area contributed by atoms with Crippen molar-refractivity contribution in [2.75, 3.05) is 13.2 Å². The zero-order chi connectivity index (χ0) is 27.3. The Morgan fingerprint density at radius 2 is 1.30 bits per heavy atom. The third-order valence-electron chi connectivity index (χ3n) is 5.20. The molecule has 0 radical (unpaired) electrons. The standard InChI is InChI=1S/C26H33NO9S/c1-4-21(36-37(31,32)18-20-15-11-8-12-16-20)23(22(24(28)33-5-2)25(29)34-6-3)27-26(30)35-17-19-13-9-7-10-14-19/h7-16,21-23H,4-6,17-18H2,1-3H3,(H,27,30)/t21?,23-/m1/s1. The summed E-state index contributed by atoms with van der Waals surface area (Å²) in [5.41, 5.74) is 1.19. The Morgan fingerprint density at radius 1 is 0.784 bits per heavy atom. The molecule has 0 spiro atoms. The van der Waals surface area contributed by atoms with Gasteiger partial charge in [0.2, 0.25) is 0 Å². The lowest BCUT2D eigenvalue weighted by Gasteiger charge is -2.30. The van der Waals surface area contributed by atoms with Gasteiger partial charge in [-0.15, -0.1) is 0 Å². The highest BCUT2D eigenvalue weighted by Crippen LogP contribution is 2.22. The number of hydrogen-bond donors (Lipinski definition) is 1. The minimum atomic E-state index is -4.19. The van der Waals surface area contributed by atoms with Crippen LogP contribution in [0, 0.1) is 5.92 Å². The molecule has 0 heterocycles. The van der Waals surface area contributed by atoms with Gasteiger partial charge in [0.05, 0.1) is 25.4 Å². The summed E-state index contributed by atoms with van der Waals surface area (Å²) in [5, 5.41) is 2.45. The van der Waals surface area contributed by atoms with Crippen LogP contribution in [0.15, 0.2) is 60.7 Å². The number of hydrogen-bond acceptors (Lipinski definition) is 9. The molecule has 0 bridgehead atoms. The zero-order valence-corrected chi connectivity index (χ0v) is 21.9. The molecule has 0 aliphatic rings. The highest BCUT2D eigenvalue weighted by molar-refractivity contribution is 7.85. The van der Waals surface area contributed by atoms with Crippen molar-refractivity contribution in [3.05, 3.63) is 71.8 Å². The van der Waals surface area contributed by atoms with Crippen molar-refractivity contribution in [1.82, 2.24) is 5.32 Å². The first-order valence-electron chi connectivity index (χ1n) is 12.0. The molecule has 0 aliphatic heterocycles. The van der Waals surface area contributed by atoms with Crippen molar-refractivity contribution in [3.63, 3.8) is 0 Å². The predicted octanol–water partition coefficient (Wildman–Crippen LogP) is 3.35. The first-order valence-corrected chi connectivity index (χ1v) is 13.5. The molecule has 2 aromatic carbocycles. The molecule has 1 amide bonds. The normalized spacial score (nSPS) is 12.9. The van der Waals surface area contributed by atoms with E-state index in [0.29, 0.717) is 11.1 Å². The Hall–Kier alpha value is -3.44. The number of carbonyl (C=O) groups excluding carboxylic acids is 3. The van der Waals surface area contributed by atoms with Gasteiger partial charge in [-0.25, -0.2) is 4.79 Å². The molecule has 0 aliphatic carbocycles.